The van der Waals surface area contributed by atoms with Crippen molar-refractivity contribution in [3.05, 3.63) is 77.0 Å². The molecule has 33 heavy (non-hydrogen) atoms. The van der Waals surface area contributed by atoms with E-state index in [0.29, 0.717) is 17.3 Å². The lowest BCUT2D eigenvalue weighted by Gasteiger charge is -2.23. The van der Waals surface area contributed by atoms with Crippen molar-refractivity contribution in [2.75, 3.05) is 0 Å². The van der Waals surface area contributed by atoms with Gasteiger partial charge in [-0.3, -0.25) is 14.2 Å². The number of hydrogen-bond donors (Lipinski definition) is 3. The maximum atomic E-state index is 13.3. The van der Waals surface area contributed by atoms with Gasteiger partial charge in [-0.05, 0) is 36.1 Å². The summed E-state index contributed by atoms with van der Waals surface area (Å²) < 4.78 is 1.31. The predicted molar refractivity (Wildman–Crippen MR) is 126 cm³/mol. The van der Waals surface area contributed by atoms with E-state index in [9.17, 15) is 19.5 Å². The van der Waals surface area contributed by atoms with E-state index in [4.69, 9.17) is 0 Å². The largest absolute Gasteiger partial charge is 0.480 e. The Bertz CT molecular complexity index is 1370. The van der Waals surface area contributed by atoms with E-state index in [1.54, 1.807) is 30.5 Å². The van der Waals surface area contributed by atoms with Crippen LogP contribution >= 0.6 is 0 Å². The van der Waals surface area contributed by atoms with Crippen LogP contribution in [0.3, 0.4) is 0 Å². The lowest BCUT2D eigenvalue weighted by Crippen LogP contribution is -2.47. The number of nitrogens with one attached hydrogen (secondary N) is 2. The number of para-hydroxylation sites is 2. The van der Waals surface area contributed by atoms with Crippen molar-refractivity contribution in [1.82, 2.24) is 19.9 Å². The Kier molecular flexibility index (Phi) is 6.26. The van der Waals surface area contributed by atoms with Gasteiger partial charge in [-0.15, -0.1) is 0 Å². The molecule has 0 aliphatic heterocycles. The molecule has 170 valence electrons. The number of amides is 1. The summed E-state index contributed by atoms with van der Waals surface area (Å²) in [5, 5.41) is 13.8. The number of H-pyrrole nitrogens is 1. The molecule has 0 bridgehead atoms. The van der Waals surface area contributed by atoms with Crippen molar-refractivity contribution in [3.8, 4) is 0 Å². The molecule has 3 N–H and O–H groups in total. The number of carboxylic acids is 1. The monoisotopic (exact) mass is 446 g/mol. The molecule has 8 heteroatoms. The zero-order chi connectivity index (χ0) is 23.5. The molecule has 2 unspecified atom stereocenters. The Morgan fingerprint density at radius 1 is 1.09 bits per heavy atom. The van der Waals surface area contributed by atoms with Gasteiger partial charge in [0.1, 0.15) is 12.1 Å². The lowest BCUT2D eigenvalue weighted by atomic mass is 10.0. The number of fused-ring (bicyclic) bond motifs is 2. The molecule has 4 aromatic rings. The molecule has 2 aromatic carbocycles. The summed E-state index contributed by atoms with van der Waals surface area (Å²) >= 11 is 0. The van der Waals surface area contributed by atoms with Crippen LogP contribution in [0.4, 0.5) is 0 Å². The van der Waals surface area contributed by atoms with Crippen LogP contribution in [-0.2, 0) is 16.0 Å². The van der Waals surface area contributed by atoms with Crippen LogP contribution in [0.25, 0.3) is 21.8 Å². The number of nitrogens with zero attached hydrogens (tertiary/aromatic N) is 2. The maximum Gasteiger partial charge on any atom is 0.326 e. The van der Waals surface area contributed by atoms with Crippen LogP contribution in [0.1, 0.15) is 31.9 Å². The molecule has 2 heterocycles. The average molecular weight is 447 g/mol. The molecule has 1 amide bonds. The molecule has 0 saturated carbocycles. The highest BCUT2D eigenvalue weighted by Gasteiger charge is 2.29. The zero-order valence-electron chi connectivity index (χ0n) is 18.5. The summed E-state index contributed by atoms with van der Waals surface area (Å²) in [5.74, 6) is -1.56. The van der Waals surface area contributed by atoms with Crippen molar-refractivity contribution in [2.24, 2.45) is 5.92 Å². The highest BCUT2D eigenvalue weighted by molar-refractivity contribution is 5.88. The lowest BCUT2D eigenvalue weighted by molar-refractivity contribution is -0.142. The number of aromatic nitrogens is 3. The molecule has 0 fully saturated rings. The standard InChI is InChI=1S/C25H26N4O4/c1-15(2)11-22(29-14-27-20-10-6-4-8-18(20)24(29)31)23(30)28-21(25(32)33)12-16-13-26-19-9-5-3-7-17(16)19/h3-10,13-15,21-22,26H,11-12H2,1-2H3,(H,28,30)(H,32,33). The minimum absolute atomic E-state index is 0.0935. The summed E-state index contributed by atoms with van der Waals surface area (Å²) in [6.07, 6.45) is 3.61. The number of benzene rings is 2. The third-order valence-electron chi connectivity index (χ3n) is 5.74. The normalized spacial score (nSPS) is 13.3. The summed E-state index contributed by atoms with van der Waals surface area (Å²) in [6.45, 7) is 3.89. The first-order valence-corrected chi connectivity index (χ1v) is 10.9. The second-order valence-corrected chi connectivity index (χ2v) is 8.58. The first-order valence-electron chi connectivity index (χ1n) is 10.9. The van der Waals surface area contributed by atoms with Crippen LogP contribution in [0.2, 0.25) is 0 Å². The van der Waals surface area contributed by atoms with Gasteiger partial charge >= 0.3 is 5.97 Å². The van der Waals surface area contributed by atoms with E-state index in [-0.39, 0.29) is 17.9 Å². The molecule has 0 spiro atoms. The minimum atomic E-state index is -1.14. The Balaban J connectivity index is 1.64. The first kappa shape index (κ1) is 22.3. The van der Waals surface area contributed by atoms with Crippen molar-refractivity contribution in [2.45, 2.75) is 38.8 Å². The number of hydrogen-bond acceptors (Lipinski definition) is 4. The average Bonchev–Trinajstić information content (AvgIpc) is 3.20. The smallest absolute Gasteiger partial charge is 0.326 e. The van der Waals surface area contributed by atoms with Gasteiger partial charge in [0.05, 0.1) is 17.2 Å². The van der Waals surface area contributed by atoms with Crippen LogP contribution in [0.5, 0.6) is 0 Å². The van der Waals surface area contributed by atoms with Gasteiger partial charge in [0.2, 0.25) is 5.91 Å². The second-order valence-electron chi connectivity index (χ2n) is 8.58. The summed E-state index contributed by atoms with van der Waals surface area (Å²) in [5.41, 5.74) is 1.91. The number of aromatic amines is 1. The molecule has 8 nitrogen and oxygen atoms in total. The molecular formula is C25H26N4O4. The maximum absolute atomic E-state index is 13.3. The Hall–Kier alpha value is -3.94. The number of carbonyl (C=O) groups excluding carboxylic acids is 1. The number of carboxylic acid groups (broad SMARTS) is 1. The zero-order valence-corrected chi connectivity index (χ0v) is 18.5. The molecule has 0 aliphatic rings. The van der Waals surface area contributed by atoms with Gasteiger partial charge in [-0.2, -0.15) is 0 Å². The van der Waals surface area contributed by atoms with Gasteiger partial charge in [-0.25, -0.2) is 9.78 Å². The van der Waals surface area contributed by atoms with Gasteiger partial charge < -0.3 is 15.4 Å². The molecule has 0 radical (unpaired) electrons. The molecule has 0 saturated heterocycles. The molecule has 4 rings (SSSR count). The van der Waals surface area contributed by atoms with Gasteiger partial charge in [0.25, 0.3) is 5.56 Å². The second kappa shape index (κ2) is 9.28. The predicted octanol–water partition coefficient (Wildman–Crippen LogP) is 3.28. The summed E-state index contributed by atoms with van der Waals surface area (Å²) in [6, 6.07) is 12.5. The third kappa shape index (κ3) is 4.64. The first-order chi connectivity index (χ1) is 15.8. The van der Waals surface area contributed by atoms with E-state index in [1.807, 2.05) is 38.1 Å². The number of rotatable bonds is 8. The molecular weight excluding hydrogens is 420 g/mol. The summed E-state index contributed by atoms with van der Waals surface area (Å²) in [7, 11) is 0. The molecule has 2 atom stereocenters. The van der Waals surface area contributed by atoms with E-state index >= 15 is 0 Å². The fourth-order valence-corrected chi connectivity index (χ4v) is 4.09. The number of carbonyl (C=O) groups is 2. The van der Waals surface area contributed by atoms with Crippen LogP contribution in [0.15, 0.2) is 65.8 Å². The van der Waals surface area contributed by atoms with Crippen molar-refractivity contribution in [3.63, 3.8) is 0 Å². The molecule has 2 aromatic heterocycles. The van der Waals surface area contributed by atoms with Gasteiger partial charge in [-0.1, -0.05) is 44.2 Å². The Morgan fingerprint density at radius 2 is 1.79 bits per heavy atom. The molecule has 0 aliphatic carbocycles. The van der Waals surface area contributed by atoms with Gasteiger partial charge in [0, 0.05) is 23.5 Å². The van der Waals surface area contributed by atoms with Crippen LogP contribution in [0, 0.1) is 5.92 Å². The third-order valence-corrected chi connectivity index (χ3v) is 5.74. The highest BCUT2D eigenvalue weighted by atomic mass is 16.4. The van der Waals surface area contributed by atoms with Crippen molar-refractivity contribution < 1.29 is 14.7 Å². The number of aliphatic carboxylic acids is 1. The van der Waals surface area contributed by atoms with Crippen molar-refractivity contribution in [1.29, 1.82) is 0 Å². The van der Waals surface area contributed by atoms with E-state index in [2.05, 4.69) is 15.3 Å². The van der Waals surface area contributed by atoms with Gasteiger partial charge in [0.15, 0.2) is 0 Å². The SMILES string of the molecule is CC(C)CC(C(=O)NC(Cc1c[nH]c2ccccc12)C(=O)O)n1cnc2ccccc2c1=O. The topological polar surface area (TPSA) is 117 Å². The Labute approximate surface area is 190 Å². The quantitative estimate of drug-likeness (QED) is 0.384. The van der Waals surface area contributed by atoms with Crippen LogP contribution < -0.4 is 10.9 Å². The van der Waals surface area contributed by atoms with E-state index in [1.165, 1.54) is 10.9 Å². The van der Waals surface area contributed by atoms with E-state index < -0.39 is 24.0 Å². The van der Waals surface area contributed by atoms with E-state index in [0.717, 1.165) is 16.5 Å². The Morgan fingerprint density at radius 3 is 2.52 bits per heavy atom. The fourth-order valence-electron chi connectivity index (χ4n) is 4.09. The summed E-state index contributed by atoms with van der Waals surface area (Å²) in [4.78, 5) is 45.9. The van der Waals surface area contributed by atoms with Crippen LogP contribution in [-0.4, -0.2) is 37.6 Å². The minimum Gasteiger partial charge on any atom is -0.480 e. The highest BCUT2D eigenvalue weighted by Crippen LogP contribution is 2.21. The fraction of sp³-hybridized carbons (Fsp3) is 0.280. The van der Waals surface area contributed by atoms with Crippen molar-refractivity contribution >= 4 is 33.7 Å².